The Kier molecular flexibility index (Phi) is 3.57. The fourth-order valence-corrected chi connectivity index (χ4v) is 2.62. The van der Waals surface area contributed by atoms with Crippen molar-refractivity contribution < 1.29 is 17.7 Å². The number of rotatable bonds is 4. The SMILES string of the molecule is O=[N+]([O-])c1c(F)cccc1S(=O)(=O)Nc1cccnn1. The summed E-state index contributed by atoms with van der Waals surface area (Å²) in [6.07, 6.45) is 1.32. The molecule has 1 aromatic heterocycles. The second-order valence-corrected chi connectivity index (χ2v) is 5.21. The van der Waals surface area contributed by atoms with Crippen LogP contribution in [0.3, 0.4) is 0 Å². The summed E-state index contributed by atoms with van der Waals surface area (Å²) in [5, 5.41) is 17.7. The predicted octanol–water partition coefficient (Wildman–Crippen LogP) is 1.32. The molecule has 0 aliphatic rings. The number of nitrogens with zero attached hydrogens (tertiary/aromatic N) is 3. The summed E-state index contributed by atoms with van der Waals surface area (Å²) in [5.41, 5.74) is -1.12. The van der Waals surface area contributed by atoms with E-state index in [1.165, 1.54) is 18.3 Å². The van der Waals surface area contributed by atoms with Crippen LogP contribution in [0.2, 0.25) is 0 Å². The van der Waals surface area contributed by atoms with Crippen LogP contribution in [0.5, 0.6) is 0 Å². The van der Waals surface area contributed by atoms with Gasteiger partial charge in [-0.05, 0) is 24.3 Å². The second kappa shape index (κ2) is 5.17. The van der Waals surface area contributed by atoms with Crippen molar-refractivity contribution in [1.82, 2.24) is 10.2 Å². The molecular formula is C10H7FN4O4S. The number of hydrogen-bond acceptors (Lipinski definition) is 6. The molecule has 0 fully saturated rings. The third-order valence-electron chi connectivity index (χ3n) is 2.23. The smallest absolute Gasteiger partial charge is 0.262 e. The maximum absolute atomic E-state index is 13.4. The number of anilines is 1. The fourth-order valence-electron chi connectivity index (χ4n) is 1.44. The number of nitrogens with one attached hydrogen (secondary N) is 1. The summed E-state index contributed by atoms with van der Waals surface area (Å²) in [6, 6.07) is 5.52. The van der Waals surface area contributed by atoms with Crippen molar-refractivity contribution in [3.63, 3.8) is 0 Å². The van der Waals surface area contributed by atoms with Gasteiger partial charge in [0.25, 0.3) is 10.0 Å². The van der Waals surface area contributed by atoms with Gasteiger partial charge in [-0.25, -0.2) is 8.42 Å². The van der Waals surface area contributed by atoms with Gasteiger partial charge in [0.15, 0.2) is 10.7 Å². The Labute approximate surface area is 112 Å². The van der Waals surface area contributed by atoms with Gasteiger partial charge >= 0.3 is 5.69 Å². The van der Waals surface area contributed by atoms with Crippen LogP contribution in [-0.2, 0) is 10.0 Å². The van der Waals surface area contributed by atoms with Gasteiger partial charge in [-0.15, -0.1) is 5.10 Å². The van der Waals surface area contributed by atoms with Crippen molar-refractivity contribution in [1.29, 1.82) is 0 Å². The van der Waals surface area contributed by atoms with Crippen LogP contribution >= 0.6 is 0 Å². The standard InChI is InChI=1S/C10H7FN4O4S/c11-7-3-1-4-8(10(7)15(16)17)20(18,19)14-9-5-2-6-12-13-9/h1-6H,(H,13,14). The van der Waals surface area contributed by atoms with Gasteiger partial charge < -0.3 is 0 Å². The van der Waals surface area contributed by atoms with E-state index in [1.54, 1.807) is 0 Å². The first-order valence-corrected chi connectivity index (χ1v) is 6.63. The predicted molar refractivity (Wildman–Crippen MR) is 65.9 cm³/mol. The number of sulfonamides is 1. The summed E-state index contributed by atoms with van der Waals surface area (Å²) >= 11 is 0. The first-order valence-electron chi connectivity index (χ1n) is 5.15. The molecule has 0 aliphatic heterocycles. The van der Waals surface area contributed by atoms with E-state index in [2.05, 4.69) is 10.2 Å². The van der Waals surface area contributed by atoms with E-state index in [4.69, 9.17) is 0 Å². The van der Waals surface area contributed by atoms with Crippen molar-refractivity contribution in [3.05, 3.63) is 52.5 Å². The molecule has 20 heavy (non-hydrogen) atoms. The Morgan fingerprint density at radius 2 is 2.00 bits per heavy atom. The van der Waals surface area contributed by atoms with Crippen LogP contribution in [0.1, 0.15) is 0 Å². The van der Waals surface area contributed by atoms with Crippen LogP contribution in [-0.4, -0.2) is 23.5 Å². The number of benzene rings is 1. The maximum atomic E-state index is 13.4. The summed E-state index contributed by atoms with van der Waals surface area (Å²) in [6.45, 7) is 0. The lowest BCUT2D eigenvalue weighted by molar-refractivity contribution is -0.390. The van der Waals surface area contributed by atoms with Gasteiger partial charge in [0, 0.05) is 6.20 Å². The van der Waals surface area contributed by atoms with Crippen LogP contribution in [0.4, 0.5) is 15.9 Å². The van der Waals surface area contributed by atoms with E-state index >= 15 is 0 Å². The van der Waals surface area contributed by atoms with E-state index in [0.29, 0.717) is 0 Å². The first kappa shape index (κ1) is 13.8. The van der Waals surface area contributed by atoms with E-state index < -0.39 is 31.3 Å². The largest absolute Gasteiger partial charge is 0.325 e. The number of aromatic nitrogens is 2. The average molecular weight is 298 g/mol. The van der Waals surface area contributed by atoms with Crippen molar-refractivity contribution in [3.8, 4) is 0 Å². The van der Waals surface area contributed by atoms with Crippen LogP contribution in [0.25, 0.3) is 0 Å². The lowest BCUT2D eigenvalue weighted by Gasteiger charge is -2.07. The van der Waals surface area contributed by atoms with Crippen molar-refractivity contribution >= 4 is 21.5 Å². The van der Waals surface area contributed by atoms with E-state index in [1.807, 2.05) is 4.72 Å². The normalized spacial score (nSPS) is 11.1. The topological polar surface area (TPSA) is 115 Å². The van der Waals surface area contributed by atoms with E-state index in [9.17, 15) is 22.9 Å². The lowest BCUT2D eigenvalue weighted by Crippen LogP contribution is -2.16. The summed E-state index contributed by atoms with van der Waals surface area (Å²) in [5.74, 6) is -1.37. The molecule has 0 saturated carbocycles. The van der Waals surface area contributed by atoms with Gasteiger partial charge in [-0.2, -0.15) is 9.49 Å². The first-order chi connectivity index (χ1) is 9.42. The third kappa shape index (κ3) is 2.69. The number of nitro groups is 1. The minimum Gasteiger partial charge on any atom is -0.262 e. The third-order valence-corrected chi connectivity index (χ3v) is 3.62. The zero-order valence-corrected chi connectivity index (χ0v) is 10.5. The highest BCUT2D eigenvalue weighted by Gasteiger charge is 2.29. The second-order valence-electron chi connectivity index (χ2n) is 3.56. The van der Waals surface area contributed by atoms with Gasteiger partial charge in [0.05, 0.1) is 4.92 Å². The molecule has 0 radical (unpaired) electrons. The molecule has 0 bridgehead atoms. The average Bonchev–Trinajstić information content (AvgIpc) is 2.38. The van der Waals surface area contributed by atoms with E-state index in [0.717, 1.165) is 18.2 Å². The molecular weight excluding hydrogens is 291 g/mol. The Hall–Kier alpha value is -2.62. The Balaban J connectivity index is 2.50. The van der Waals surface area contributed by atoms with Gasteiger partial charge in [0.2, 0.25) is 5.82 Å². The highest BCUT2D eigenvalue weighted by Crippen LogP contribution is 2.27. The molecule has 104 valence electrons. The summed E-state index contributed by atoms with van der Waals surface area (Å²) in [7, 11) is -4.35. The minimum absolute atomic E-state index is 0.133. The molecule has 0 spiro atoms. The maximum Gasteiger partial charge on any atom is 0.325 e. The van der Waals surface area contributed by atoms with Gasteiger partial charge in [-0.1, -0.05) is 6.07 Å². The van der Waals surface area contributed by atoms with Crippen LogP contribution in [0, 0.1) is 15.9 Å². The number of nitro benzene ring substituents is 1. The zero-order chi connectivity index (χ0) is 14.8. The molecule has 0 atom stereocenters. The van der Waals surface area contributed by atoms with Crippen molar-refractivity contribution in [2.45, 2.75) is 4.90 Å². The highest BCUT2D eigenvalue weighted by molar-refractivity contribution is 7.92. The molecule has 0 amide bonds. The Morgan fingerprint density at radius 3 is 2.60 bits per heavy atom. The van der Waals surface area contributed by atoms with Crippen LogP contribution in [0.15, 0.2) is 41.4 Å². The number of hydrogen-bond donors (Lipinski definition) is 1. The molecule has 1 aromatic carbocycles. The quantitative estimate of drug-likeness (QED) is 0.672. The Bertz CT molecular complexity index is 751. The highest BCUT2D eigenvalue weighted by atomic mass is 32.2. The molecule has 8 nitrogen and oxygen atoms in total. The van der Waals surface area contributed by atoms with Gasteiger partial charge in [0.1, 0.15) is 0 Å². The van der Waals surface area contributed by atoms with Gasteiger partial charge in [-0.3, -0.25) is 14.8 Å². The molecule has 0 saturated heterocycles. The lowest BCUT2D eigenvalue weighted by atomic mass is 10.3. The Morgan fingerprint density at radius 1 is 1.25 bits per heavy atom. The fraction of sp³-hybridized carbons (Fsp3) is 0. The molecule has 10 heteroatoms. The van der Waals surface area contributed by atoms with Crippen molar-refractivity contribution in [2.75, 3.05) is 4.72 Å². The molecule has 0 unspecified atom stereocenters. The zero-order valence-electron chi connectivity index (χ0n) is 9.72. The van der Waals surface area contributed by atoms with E-state index in [-0.39, 0.29) is 5.82 Å². The molecule has 1 N–H and O–H groups in total. The number of halogens is 1. The molecule has 2 rings (SSSR count). The van der Waals surface area contributed by atoms with Crippen LogP contribution < -0.4 is 4.72 Å². The molecule has 1 heterocycles. The molecule has 2 aromatic rings. The summed E-state index contributed by atoms with van der Waals surface area (Å²) in [4.78, 5) is 8.91. The monoisotopic (exact) mass is 298 g/mol. The number of para-hydroxylation sites is 1. The van der Waals surface area contributed by atoms with Crippen molar-refractivity contribution in [2.24, 2.45) is 0 Å². The summed E-state index contributed by atoms with van der Waals surface area (Å²) < 4.78 is 39.5. The molecule has 0 aliphatic carbocycles. The minimum atomic E-state index is -4.35.